The molecule has 1 aliphatic carbocycles. The predicted molar refractivity (Wildman–Crippen MR) is 144 cm³/mol. The molecular formula is C27H33FN2O8S. The highest BCUT2D eigenvalue weighted by molar-refractivity contribution is 7.92. The van der Waals surface area contributed by atoms with Crippen LogP contribution in [0.4, 0.5) is 10.1 Å². The van der Waals surface area contributed by atoms with Gasteiger partial charge in [-0.25, -0.2) is 17.6 Å². The van der Waals surface area contributed by atoms with Gasteiger partial charge in [-0.2, -0.15) is 0 Å². The molecular weight excluding hydrogens is 531 g/mol. The number of furan rings is 1. The maximum Gasteiger partial charge on any atom is 0.340 e. The molecule has 0 spiro atoms. The molecule has 1 fully saturated rings. The van der Waals surface area contributed by atoms with E-state index < -0.39 is 21.8 Å². The average molecular weight is 565 g/mol. The Morgan fingerprint density at radius 2 is 1.87 bits per heavy atom. The minimum atomic E-state index is -3.71. The molecule has 212 valence electrons. The van der Waals surface area contributed by atoms with E-state index in [4.69, 9.17) is 24.4 Å². The van der Waals surface area contributed by atoms with Gasteiger partial charge in [0.1, 0.15) is 22.7 Å². The number of ether oxygens (including phenoxy) is 3. The van der Waals surface area contributed by atoms with Crippen LogP contribution in [0.25, 0.3) is 22.3 Å². The molecule has 10 nitrogen and oxygen atoms in total. The van der Waals surface area contributed by atoms with Gasteiger partial charge in [0.15, 0.2) is 0 Å². The number of benzene rings is 2. The molecule has 3 N–H and O–H groups in total. The average Bonchev–Trinajstić information content (AvgIpc) is 3.67. The Balaban J connectivity index is 1.60. The maximum atomic E-state index is 13.5. The van der Waals surface area contributed by atoms with Gasteiger partial charge in [-0.05, 0) is 54.7 Å². The minimum absolute atomic E-state index is 0.0465. The number of nitrogens with zero attached hydrogens (tertiary/aromatic N) is 1. The van der Waals surface area contributed by atoms with Gasteiger partial charge in [-0.1, -0.05) is 0 Å². The van der Waals surface area contributed by atoms with Gasteiger partial charge in [0.05, 0.1) is 51.0 Å². The predicted octanol–water partition coefficient (Wildman–Crippen LogP) is 3.59. The third-order valence-corrected chi connectivity index (χ3v) is 7.73. The molecule has 3 aromatic rings. The van der Waals surface area contributed by atoms with E-state index in [0.29, 0.717) is 36.4 Å². The standard InChI is InChI=1S/C27H33FN2O8S/c1-35-20(15-29)16-37-12-11-36-10-9-30(39(2,33)34)23-14-24-22(13-21(23)17-3-4-17)25(27(31)32)26(38-24)18-5-7-19(28)8-6-18/h5-8,13-14,17,20H,3-4,9-12,15-16,29H2,1-2H3,(H,31,32). The first kappa shape index (κ1) is 29.0. The monoisotopic (exact) mass is 564 g/mol. The number of hydrogen-bond acceptors (Lipinski definition) is 8. The van der Waals surface area contributed by atoms with Crippen molar-refractivity contribution in [1.29, 1.82) is 0 Å². The zero-order valence-electron chi connectivity index (χ0n) is 21.9. The van der Waals surface area contributed by atoms with Crippen LogP contribution < -0.4 is 10.0 Å². The summed E-state index contributed by atoms with van der Waals surface area (Å²) >= 11 is 0. The number of rotatable bonds is 15. The molecule has 1 aromatic heterocycles. The van der Waals surface area contributed by atoms with Crippen molar-refractivity contribution in [2.75, 3.05) is 57.2 Å². The molecule has 0 amide bonds. The highest BCUT2D eigenvalue weighted by Gasteiger charge is 2.33. The molecule has 2 aromatic carbocycles. The van der Waals surface area contributed by atoms with Crippen molar-refractivity contribution in [1.82, 2.24) is 0 Å². The highest BCUT2D eigenvalue weighted by Crippen LogP contribution is 2.48. The number of carboxylic acid groups (broad SMARTS) is 1. The molecule has 39 heavy (non-hydrogen) atoms. The van der Waals surface area contributed by atoms with Gasteiger partial charge in [-0.3, -0.25) is 4.31 Å². The summed E-state index contributed by atoms with van der Waals surface area (Å²) in [6.07, 6.45) is 2.64. The third-order valence-electron chi connectivity index (χ3n) is 6.55. The van der Waals surface area contributed by atoms with Crippen molar-refractivity contribution < 1.29 is 41.3 Å². The number of hydrogen-bond donors (Lipinski definition) is 2. The number of aromatic carboxylic acids is 1. The van der Waals surface area contributed by atoms with Gasteiger partial charge in [0.2, 0.25) is 10.0 Å². The molecule has 1 saturated carbocycles. The van der Waals surface area contributed by atoms with Crippen molar-refractivity contribution >= 4 is 32.6 Å². The number of sulfonamides is 1. The van der Waals surface area contributed by atoms with Crippen molar-refractivity contribution in [3.63, 3.8) is 0 Å². The Labute approximate surface area is 226 Å². The van der Waals surface area contributed by atoms with Crippen LogP contribution in [0.3, 0.4) is 0 Å². The molecule has 1 heterocycles. The second-order valence-corrected chi connectivity index (χ2v) is 11.3. The summed E-state index contributed by atoms with van der Waals surface area (Å²) in [7, 11) is -2.16. The van der Waals surface area contributed by atoms with E-state index in [0.717, 1.165) is 24.7 Å². The topological polar surface area (TPSA) is 142 Å². The summed E-state index contributed by atoms with van der Waals surface area (Å²) in [5.41, 5.74) is 7.29. The van der Waals surface area contributed by atoms with E-state index in [2.05, 4.69) is 0 Å². The molecule has 0 aliphatic heterocycles. The summed E-state index contributed by atoms with van der Waals surface area (Å²) in [5, 5.41) is 10.4. The number of nitrogens with two attached hydrogens (primary N) is 1. The van der Waals surface area contributed by atoms with E-state index in [9.17, 15) is 22.7 Å². The van der Waals surface area contributed by atoms with Gasteiger partial charge in [0.25, 0.3) is 0 Å². The van der Waals surface area contributed by atoms with E-state index >= 15 is 0 Å². The first-order chi connectivity index (χ1) is 18.6. The van der Waals surface area contributed by atoms with Crippen LogP contribution >= 0.6 is 0 Å². The molecule has 0 saturated heterocycles. The smallest absolute Gasteiger partial charge is 0.340 e. The Kier molecular flexibility index (Phi) is 9.23. The maximum absolute atomic E-state index is 13.5. The lowest BCUT2D eigenvalue weighted by Gasteiger charge is -2.25. The Morgan fingerprint density at radius 1 is 1.18 bits per heavy atom. The number of fused-ring (bicyclic) bond motifs is 1. The number of halogens is 1. The second-order valence-electron chi connectivity index (χ2n) is 9.42. The van der Waals surface area contributed by atoms with Crippen LogP contribution in [0.15, 0.2) is 40.8 Å². The van der Waals surface area contributed by atoms with Crippen LogP contribution in [-0.2, 0) is 24.2 Å². The molecule has 1 atom stereocenters. The van der Waals surface area contributed by atoms with Crippen molar-refractivity contribution in [2.45, 2.75) is 24.9 Å². The zero-order chi connectivity index (χ0) is 28.2. The third kappa shape index (κ3) is 6.95. The normalized spacial score (nSPS) is 14.6. The summed E-state index contributed by atoms with van der Waals surface area (Å²) in [4.78, 5) is 12.3. The molecule has 0 radical (unpaired) electrons. The Bertz CT molecular complexity index is 1400. The van der Waals surface area contributed by atoms with Crippen LogP contribution in [0.2, 0.25) is 0 Å². The number of carbonyl (C=O) groups is 1. The quantitative estimate of drug-likeness (QED) is 0.265. The van der Waals surface area contributed by atoms with E-state index in [1.165, 1.54) is 28.6 Å². The minimum Gasteiger partial charge on any atom is -0.478 e. The Morgan fingerprint density at radius 3 is 2.46 bits per heavy atom. The summed E-state index contributed by atoms with van der Waals surface area (Å²) in [6.45, 7) is 1.39. The second kappa shape index (κ2) is 12.4. The van der Waals surface area contributed by atoms with Crippen molar-refractivity contribution in [3.05, 3.63) is 53.3 Å². The Hall–Kier alpha value is -3.03. The van der Waals surface area contributed by atoms with Gasteiger partial charge in [0, 0.05) is 30.7 Å². The zero-order valence-corrected chi connectivity index (χ0v) is 22.7. The van der Waals surface area contributed by atoms with E-state index in [1.54, 1.807) is 19.2 Å². The van der Waals surface area contributed by atoms with E-state index in [-0.39, 0.29) is 48.7 Å². The first-order valence-corrected chi connectivity index (χ1v) is 14.4. The van der Waals surface area contributed by atoms with Crippen LogP contribution in [0.1, 0.15) is 34.7 Å². The molecule has 12 heteroatoms. The molecule has 1 aliphatic rings. The van der Waals surface area contributed by atoms with Gasteiger partial charge >= 0.3 is 5.97 Å². The summed E-state index contributed by atoms with van der Waals surface area (Å²) < 4.78 is 62.7. The summed E-state index contributed by atoms with van der Waals surface area (Å²) in [6, 6.07) is 8.61. The fraction of sp³-hybridized carbons (Fsp3) is 0.444. The van der Waals surface area contributed by atoms with Crippen LogP contribution in [-0.4, -0.2) is 78.5 Å². The largest absolute Gasteiger partial charge is 0.478 e. The van der Waals surface area contributed by atoms with Gasteiger partial charge in [-0.15, -0.1) is 0 Å². The number of anilines is 1. The lowest BCUT2D eigenvalue weighted by Crippen LogP contribution is -2.34. The molecule has 0 bridgehead atoms. The highest BCUT2D eigenvalue weighted by atomic mass is 32.2. The molecule has 1 unspecified atom stereocenters. The number of carboxylic acids is 1. The summed E-state index contributed by atoms with van der Waals surface area (Å²) in [5.74, 6) is -1.47. The van der Waals surface area contributed by atoms with E-state index in [1.807, 2.05) is 0 Å². The molecule has 4 rings (SSSR count). The fourth-order valence-corrected chi connectivity index (χ4v) is 5.30. The first-order valence-electron chi connectivity index (χ1n) is 12.6. The van der Waals surface area contributed by atoms with Crippen LogP contribution in [0, 0.1) is 5.82 Å². The van der Waals surface area contributed by atoms with Crippen LogP contribution in [0.5, 0.6) is 0 Å². The van der Waals surface area contributed by atoms with Crippen molar-refractivity contribution in [3.8, 4) is 11.3 Å². The fourth-order valence-electron chi connectivity index (χ4n) is 4.38. The van der Waals surface area contributed by atoms with Crippen molar-refractivity contribution in [2.24, 2.45) is 5.73 Å². The SMILES string of the molecule is COC(CN)COCCOCCN(c1cc2oc(-c3ccc(F)cc3)c(C(=O)O)c2cc1C1CC1)S(C)(=O)=O. The van der Waals surface area contributed by atoms with Gasteiger partial charge < -0.3 is 29.5 Å². The lowest BCUT2D eigenvalue weighted by molar-refractivity contribution is -0.00873. The lowest BCUT2D eigenvalue weighted by atomic mass is 10.0. The number of methoxy groups -OCH3 is 1.